The van der Waals surface area contributed by atoms with Crippen LogP contribution in [-0.2, 0) is 14.8 Å². The molecule has 0 aliphatic heterocycles. The molecule has 0 aromatic heterocycles. The molecular weight excluding hydrogens is 451 g/mol. The largest absolute Gasteiger partial charge is 0.348 e. The summed E-state index contributed by atoms with van der Waals surface area (Å²) >= 11 is 5.89. The maximum Gasteiger partial charge on any atom is 0.264 e. The number of aryl methyl sites for hydroxylation is 1. The first-order chi connectivity index (χ1) is 15.2. The van der Waals surface area contributed by atoms with Gasteiger partial charge in [0.15, 0.2) is 0 Å². The first-order valence-corrected chi connectivity index (χ1v) is 11.9. The van der Waals surface area contributed by atoms with Crippen molar-refractivity contribution in [3.63, 3.8) is 0 Å². The summed E-state index contributed by atoms with van der Waals surface area (Å²) in [5.74, 6) is -1.17. The molecule has 8 heteroatoms. The van der Waals surface area contributed by atoms with E-state index in [2.05, 4.69) is 5.32 Å². The van der Waals surface area contributed by atoms with Crippen LogP contribution in [-0.4, -0.2) is 20.9 Å². The fourth-order valence-electron chi connectivity index (χ4n) is 3.27. The summed E-state index contributed by atoms with van der Waals surface area (Å²) in [6.07, 6.45) is 0.628. The van der Waals surface area contributed by atoms with Crippen LogP contribution in [0.2, 0.25) is 5.02 Å². The molecule has 0 aliphatic rings. The Labute approximate surface area is 192 Å². The van der Waals surface area contributed by atoms with Crippen LogP contribution >= 0.6 is 11.6 Å². The summed E-state index contributed by atoms with van der Waals surface area (Å²) in [6, 6.07) is 18.8. The Bertz CT molecular complexity index is 1190. The van der Waals surface area contributed by atoms with Gasteiger partial charge >= 0.3 is 0 Å². The molecule has 0 aliphatic carbocycles. The number of sulfonamides is 1. The number of halogens is 2. The molecule has 0 heterocycles. The van der Waals surface area contributed by atoms with E-state index in [-0.39, 0.29) is 21.6 Å². The van der Waals surface area contributed by atoms with Crippen LogP contribution < -0.4 is 9.62 Å². The van der Waals surface area contributed by atoms with Crippen molar-refractivity contribution in [2.45, 2.75) is 31.2 Å². The predicted octanol–water partition coefficient (Wildman–Crippen LogP) is 5.25. The summed E-state index contributed by atoms with van der Waals surface area (Å²) in [7, 11) is -4.10. The minimum atomic E-state index is -4.10. The van der Waals surface area contributed by atoms with Crippen molar-refractivity contribution in [2.75, 3.05) is 10.8 Å². The lowest BCUT2D eigenvalue weighted by atomic mass is 10.0. The molecule has 0 spiro atoms. The van der Waals surface area contributed by atoms with Gasteiger partial charge in [-0.2, -0.15) is 0 Å². The number of carbonyl (C=O) groups is 1. The standard InChI is InChI=1S/C24H24ClFN2O3S/c1-3-23(18-11-9-17(2)10-12-18)27-24(29)16-28(19-13-14-22(26)21(25)15-19)32(30,31)20-7-5-4-6-8-20/h4-15,23H,3,16H2,1-2H3,(H,27,29). The van der Waals surface area contributed by atoms with E-state index in [0.717, 1.165) is 21.5 Å². The highest BCUT2D eigenvalue weighted by molar-refractivity contribution is 7.92. The number of carbonyl (C=O) groups excluding carboxylic acids is 1. The first-order valence-electron chi connectivity index (χ1n) is 10.1. The van der Waals surface area contributed by atoms with Crippen LogP contribution in [0.1, 0.15) is 30.5 Å². The van der Waals surface area contributed by atoms with E-state index in [1.165, 1.54) is 24.3 Å². The molecule has 0 fully saturated rings. The second kappa shape index (κ2) is 10.1. The molecule has 0 saturated carbocycles. The Balaban J connectivity index is 1.92. The van der Waals surface area contributed by atoms with Gasteiger partial charge in [-0.15, -0.1) is 0 Å². The molecule has 5 nitrogen and oxygen atoms in total. The third kappa shape index (κ3) is 5.47. The summed E-state index contributed by atoms with van der Waals surface area (Å²) in [5.41, 5.74) is 2.12. The monoisotopic (exact) mass is 474 g/mol. The van der Waals surface area contributed by atoms with E-state index in [1.54, 1.807) is 18.2 Å². The highest BCUT2D eigenvalue weighted by atomic mass is 35.5. The van der Waals surface area contributed by atoms with Crippen LogP contribution in [0.15, 0.2) is 77.7 Å². The SMILES string of the molecule is CCC(NC(=O)CN(c1ccc(F)c(Cl)c1)S(=O)(=O)c1ccccc1)c1ccc(C)cc1. The maximum absolute atomic E-state index is 13.7. The summed E-state index contributed by atoms with van der Waals surface area (Å²) in [6.45, 7) is 3.42. The zero-order valence-corrected chi connectivity index (χ0v) is 19.3. The minimum Gasteiger partial charge on any atom is -0.348 e. The van der Waals surface area contributed by atoms with Gasteiger partial charge in [-0.25, -0.2) is 12.8 Å². The Kier molecular flexibility index (Phi) is 7.53. The number of hydrogen-bond acceptors (Lipinski definition) is 3. The lowest BCUT2D eigenvalue weighted by Gasteiger charge is -2.26. The molecule has 168 valence electrons. The Morgan fingerprint density at radius 2 is 1.72 bits per heavy atom. The number of nitrogens with zero attached hydrogens (tertiary/aromatic N) is 1. The number of amides is 1. The maximum atomic E-state index is 13.7. The van der Waals surface area contributed by atoms with Crippen molar-refractivity contribution < 1.29 is 17.6 Å². The van der Waals surface area contributed by atoms with E-state index in [0.29, 0.717) is 6.42 Å². The number of anilines is 1. The van der Waals surface area contributed by atoms with Crippen LogP contribution in [0.4, 0.5) is 10.1 Å². The fraction of sp³-hybridized carbons (Fsp3) is 0.208. The molecule has 1 amide bonds. The smallest absolute Gasteiger partial charge is 0.264 e. The summed E-state index contributed by atoms with van der Waals surface area (Å²) < 4.78 is 41.3. The van der Waals surface area contributed by atoms with Gasteiger partial charge in [-0.1, -0.05) is 66.6 Å². The third-order valence-electron chi connectivity index (χ3n) is 5.03. The Morgan fingerprint density at radius 1 is 1.06 bits per heavy atom. The zero-order valence-electron chi connectivity index (χ0n) is 17.8. The van der Waals surface area contributed by atoms with Crippen LogP contribution in [0.3, 0.4) is 0 Å². The van der Waals surface area contributed by atoms with Crippen LogP contribution in [0.25, 0.3) is 0 Å². The van der Waals surface area contributed by atoms with Gasteiger partial charge in [0, 0.05) is 0 Å². The van der Waals surface area contributed by atoms with Gasteiger partial charge in [0.05, 0.1) is 21.6 Å². The molecule has 0 radical (unpaired) electrons. The number of rotatable bonds is 8. The molecule has 0 saturated heterocycles. The van der Waals surface area contributed by atoms with E-state index < -0.39 is 28.3 Å². The Hall–Kier alpha value is -2.90. The molecule has 1 atom stereocenters. The molecule has 1 N–H and O–H groups in total. The summed E-state index contributed by atoms with van der Waals surface area (Å²) in [5, 5.41) is 2.67. The second-order valence-corrected chi connectivity index (χ2v) is 9.63. The van der Waals surface area contributed by atoms with Crippen molar-refractivity contribution >= 4 is 33.2 Å². The van der Waals surface area contributed by atoms with Crippen molar-refractivity contribution in [1.82, 2.24) is 5.32 Å². The zero-order chi connectivity index (χ0) is 23.3. The van der Waals surface area contributed by atoms with Gasteiger partial charge in [0.2, 0.25) is 5.91 Å². The van der Waals surface area contributed by atoms with Gasteiger partial charge in [-0.05, 0) is 49.2 Å². The molecule has 3 aromatic carbocycles. The third-order valence-corrected chi connectivity index (χ3v) is 7.11. The fourth-order valence-corrected chi connectivity index (χ4v) is 4.87. The van der Waals surface area contributed by atoms with Crippen molar-refractivity contribution in [2.24, 2.45) is 0 Å². The van der Waals surface area contributed by atoms with Crippen LogP contribution in [0.5, 0.6) is 0 Å². The van der Waals surface area contributed by atoms with Crippen molar-refractivity contribution in [3.05, 3.63) is 94.8 Å². The lowest BCUT2D eigenvalue weighted by molar-refractivity contribution is -0.120. The van der Waals surface area contributed by atoms with E-state index in [4.69, 9.17) is 11.6 Å². The quantitative estimate of drug-likeness (QED) is 0.485. The molecule has 3 aromatic rings. The molecule has 3 rings (SSSR count). The van der Waals surface area contributed by atoms with Crippen LogP contribution in [0, 0.1) is 12.7 Å². The van der Waals surface area contributed by atoms with Crippen molar-refractivity contribution in [1.29, 1.82) is 0 Å². The Morgan fingerprint density at radius 3 is 2.31 bits per heavy atom. The first kappa shape index (κ1) is 23.8. The van der Waals surface area contributed by atoms with Gasteiger partial charge < -0.3 is 5.32 Å². The van der Waals surface area contributed by atoms with Gasteiger partial charge in [0.1, 0.15) is 12.4 Å². The average molecular weight is 475 g/mol. The van der Waals surface area contributed by atoms with Gasteiger partial charge in [0.25, 0.3) is 10.0 Å². The minimum absolute atomic E-state index is 0.0128. The van der Waals surface area contributed by atoms with Crippen molar-refractivity contribution in [3.8, 4) is 0 Å². The van der Waals surface area contributed by atoms with Gasteiger partial charge in [-0.3, -0.25) is 9.10 Å². The second-order valence-electron chi connectivity index (χ2n) is 7.36. The predicted molar refractivity (Wildman–Crippen MR) is 125 cm³/mol. The topological polar surface area (TPSA) is 66.5 Å². The summed E-state index contributed by atoms with van der Waals surface area (Å²) in [4.78, 5) is 13.0. The molecule has 32 heavy (non-hydrogen) atoms. The molecular formula is C24H24ClFN2O3S. The average Bonchev–Trinajstić information content (AvgIpc) is 2.79. The molecule has 0 bridgehead atoms. The lowest BCUT2D eigenvalue weighted by Crippen LogP contribution is -2.42. The number of nitrogens with one attached hydrogen (secondary N) is 1. The van der Waals surface area contributed by atoms with E-state index in [1.807, 2.05) is 38.1 Å². The van der Waals surface area contributed by atoms with E-state index in [9.17, 15) is 17.6 Å². The highest BCUT2D eigenvalue weighted by Crippen LogP contribution is 2.28. The number of hydrogen-bond donors (Lipinski definition) is 1. The highest BCUT2D eigenvalue weighted by Gasteiger charge is 2.28. The number of benzene rings is 3. The normalized spacial score (nSPS) is 12.2. The molecule has 1 unspecified atom stereocenters. The van der Waals surface area contributed by atoms with E-state index >= 15 is 0 Å².